The average molecular weight is 981 g/mol. The molecule has 2 aliphatic heterocycles. The van der Waals surface area contributed by atoms with Crippen LogP contribution in [-0.4, -0.2) is 11.3 Å². The molecule has 0 aliphatic carbocycles. The molecule has 15 rings (SSSR count). The average Bonchev–Trinajstić information content (AvgIpc) is 4.08. The van der Waals surface area contributed by atoms with Crippen LogP contribution in [0.15, 0.2) is 297 Å². The minimum atomic E-state index is -0.152. The smallest absolute Gasteiger partial charge is 0.252 e. The van der Waals surface area contributed by atoms with Crippen molar-refractivity contribution in [1.29, 1.82) is 0 Å². The summed E-state index contributed by atoms with van der Waals surface area (Å²) in [6.07, 6.45) is 0. The highest BCUT2D eigenvalue weighted by Gasteiger charge is 2.45. The number of hydrogen-bond acceptors (Lipinski definition) is 3. The molecule has 0 unspecified atom stereocenters. The minimum Gasteiger partial charge on any atom is -0.311 e. The van der Waals surface area contributed by atoms with Crippen LogP contribution in [-0.2, 0) is 0 Å². The fourth-order valence-corrected chi connectivity index (χ4v) is 12.4. The molecule has 0 fully saturated rings. The first kappa shape index (κ1) is 44.4. The van der Waals surface area contributed by atoms with Crippen LogP contribution in [0, 0.1) is 0 Å². The Morgan fingerprint density at radius 3 is 1.42 bits per heavy atom. The summed E-state index contributed by atoms with van der Waals surface area (Å²) < 4.78 is 2.45. The minimum absolute atomic E-state index is 0.152. The van der Waals surface area contributed by atoms with Gasteiger partial charge in [0, 0.05) is 56.3 Å². The first-order chi connectivity index (χ1) is 38.2. The Morgan fingerprint density at radius 2 is 0.779 bits per heavy atom. The van der Waals surface area contributed by atoms with Crippen molar-refractivity contribution in [2.45, 2.75) is 0 Å². The first-order valence-corrected chi connectivity index (χ1v) is 26.5. The number of nitrogens with zero attached hydrogens (tertiary/aromatic N) is 4. The Bertz CT molecular complexity index is 4280. The first-order valence-electron chi connectivity index (χ1n) is 26.5. The number of anilines is 9. The lowest BCUT2D eigenvalue weighted by Gasteiger charge is -2.45. The van der Waals surface area contributed by atoms with Crippen molar-refractivity contribution in [2.75, 3.05) is 14.7 Å². The molecule has 0 radical (unpaired) electrons. The van der Waals surface area contributed by atoms with Crippen LogP contribution < -0.4 is 31.1 Å². The summed E-state index contributed by atoms with van der Waals surface area (Å²) in [5.41, 5.74) is 24.3. The Hall–Kier alpha value is -10.1. The number of fused-ring (bicyclic) bond motifs is 8. The molecule has 5 heteroatoms. The van der Waals surface area contributed by atoms with E-state index in [1.807, 2.05) is 0 Å². The van der Waals surface area contributed by atoms with Crippen LogP contribution in [0.3, 0.4) is 0 Å². The van der Waals surface area contributed by atoms with E-state index in [2.05, 4.69) is 317 Å². The van der Waals surface area contributed by atoms with E-state index >= 15 is 0 Å². The molecule has 77 heavy (non-hydrogen) atoms. The third-order valence-electron chi connectivity index (χ3n) is 15.7. The fourth-order valence-electron chi connectivity index (χ4n) is 12.4. The predicted molar refractivity (Wildman–Crippen MR) is 326 cm³/mol. The Labute approximate surface area is 449 Å². The van der Waals surface area contributed by atoms with Crippen molar-refractivity contribution in [2.24, 2.45) is 0 Å². The number of benzene rings is 12. The van der Waals surface area contributed by atoms with E-state index in [9.17, 15) is 0 Å². The van der Waals surface area contributed by atoms with Gasteiger partial charge in [-0.25, -0.2) is 0 Å². The SMILES string of the molecule is c1ccc(-c2ccc(N3c4cc(N(c5ccccc5)c5ccccc5)cc5c4B(c4cc(-c6ccccc6)ccc4N5c4cccc(-c5ccccc5)c4)c4ccc5c(c43)c3ccccc3n5-c3ccccc3)cc2)cc1. The summed E-state index contributed by atoms with van der Waals surface area (Å²) in [7, 11) is 0. The molecular formula is C72H49BN4. The third kappa shape index (κ3) is 7.39. The molecule has 360 valence electrons. The molecule has 0 spiro atoms. The van der Waals surface area contributed by atoms with Crippen molar-refractivity contribution in [1.82, 2.24) is 4.57 Å². The van der Waals surface area contributed by atoms with Crippen molar-refractivity contribution >= 4 is 96.1 Å². The fraction of sp³-hybridized carbons (Fsp3) is 0. The molecular weight excluding hydrogens is 932 g/mol. The summed E-state index contributed by atoms with van der Waals surface area (Å²) in [6, 6.07) is 109. The van der Waals surface area contributed by atoms with Gasteiger partial charge in [0.25, 0.3) is 6.71 Å². The van der Waals surface area contributed by atoms with Gasteiger partial charge in [0.1, 0.15) is 0 Å². The van der Waals surface area contributed by atoms with E-state index < -0.39 is 0 Å². The number of rotatable bonds is 9. The number of aromatic nitrogens is 1. The van der Waals surface area contributed by atoms with Crippen LogP contribution in [0.25, 0.3) is 60.9 Å². The van der Waals surface area contributed by atoms with Gasteiger partial charge in [-0.3, -0.25) is 0 Å². The molecule has 3 heterocycles. The molecule has 2 aliphatic rings. The second-order valence-corrected chi connectivity index (χ2v) is 20.1. The quantitative estimate of drug-likeness (QED) is 0.134. The highest BCUT2D eigenvalue weighted by molar-refractivity contribution is 7.00. The zero-order valence-corrected chi connectivity index (χ0v) is 42.2. The predicted octanol–water partition coefficient (Wildman–Crippen LogP) is 17.3. The maximum atomic E-state index is 2.60. The van der Waals surface area contributed by atoms with Gasteiger partial charge in [0.2, 0.25) is 0 Å². The van der Waals surface area contributed by atoms with Crippen molar-refractivity contribution in [3.8, 4) is 39.1 Å². The van der Waals surface area contributed by atoms with E-state index in [1.165, 1.54) is 66.2 Å². The zero-order valence-electron chi connectivity index (χ0n) is 42.2. The summed E-state index contributed by atoms with van der Waals surface area (Å²) >= 11 is 0. The van der Waals surface area contributed by atoms with Crippen molar-refractivity contribution in [3.63, 3.8) is 0 Å². The topological polar surface area (TPSA) is 14.7 Å². The standard InChI is InChI=1S/C72H49BN4/c1-7-22-50(23-8-1)53-38-41-59(42-39-53)77-69-49-61(74(56-29-13-4-14-30-56)57-31-15-5-16-32-57)48-68-71(69)73(63-43-45-67-70(72(63)77)62-36-19-20-37-65(62)75(67)58-33-17-6-18-34-58)64-47-55(52-26-11-3-12-27-52)40-44-66(64)76(68)60-35-21-28-54(46-60)51-24-9-2-10-25-51/h1-49H. The van der Waals surface area contributed by atoms with Gasteiger partial charge in [-0.1, -0.05) is 206 Å². The number of para-hydroxylation sites is 4. The molecule has 0 saturated carbocycles. The molecule has 0 amide bonds. The maximum absolute atomic E-state index is 2.60. The normalized spacial score (nSPS) is 12.3. The zero-order chi connectivity index (χ0) is 50.8. The summed E-state index contributed by atoms with van der Waals surface area (Å²) in [5.74, 6) is 0. The summed E-state index contributed by atoms with van der Waals surface area (Å²) in [6.45, 7) is -0.152. The molecule has 13 aromatic rings. The largest absolute Gasteiger partial charge is 0.311 e. The van der Waals surface area contributed by atoms with Crippen LogP contribution in [0.1, 0.15) is 0 Å². The molecule has 0 saturated heterocycles. The van der Waals surface area contributed by atoms with Crippen LogP contribution >= 0.6 is 0 Å². The molecule has 12 aromatic carbocycles. The highest BCUT2D eigenvalue weighted by atomic mass is 15.2. The van der Waals surface area contributed by atoms with Crippen molar-refractivity contribution < 1.29 is 0 Å². The van der Waals surface area contributed by atoms with Gasteiger partial charge in [0.05, 0.1) is 22.4 Å². The lowest BCUT2D eigenvalue weighted by molar-refractivity contribution is 1.18. The maximum Gasteiger partial charge on any atom is 0.252 e. The van der Waals surface area contributed by atoms with Gasteiger partial charge in [0.15, 0.2) is 0 Å². The molecule has 0 N–H and O–H groups in total. The monoisotopic (exact) mass is 980 g/mol. The molecule has 0 atom stereocenters. The highest BCUT2D eigenvalue weighted by Crippen LogP contribution is 2.51. The van der Waals surface area contributed by atoms with Gasteiger partial charge in [-0.2, -0.15) is 0 Å². The molecule has 1 aromatic heterocycles. The van der Waals surface area contributed by atoms with E-state index in [0.717, 1.165) is 62.3 Å². The lowest BCUT2D eigenvalue weighted by atomic mass is 9.33. The lowest BCUT2D eigenvalue weighted by Crippen LogP contribution is -2.61. The van der Waals surface area contributed by atoms with E-state index in [0.29, 0.717) is 0 Å². The summed E-state index contributed by atoms with van der Waals surface area (Å²) in [5, 5.41) is 2.42. The Balaban J connectivity index is 1.10. The van der Waals surface area contributed by atoms with Gasteiger partial charge < -0.3 is 19.3 Å². The van der Waals surface area contributed by atoms with Crippen LogP contribution in [0.4, 0.5) is 51.2 Å². The molecule has 0 bridgehead atoms. The van der Waals surface area contributed by atoms with Gasteiger partial charge >= 0.3 is 0 Å². The van der Waals surface area contributed by atoms with E-state index in [-0.39, 0.29) is 6.71 Å². The second kappa shape index (κ2) is 18.4. The number of hydrogen-bond donors (Lipinski definition) is 0. The van der Waals surface area contributed by atoms with Crippen LogP contribution in [0.2, 0.25) is 0 Å². The van der Waals surface area contributed by atoms with Crippen molar-refractivity contribution in [3.05, 3.63) is 297 Å². The van der Waals surface area contributed by atoms with Crippen LogP contribution in [0.5, 0.6) is 0 Å². The Morgan fingerprint density at radius 1 is 0.286 bits per heavy atom. The Kier molecular flexibility index (Phi) is 10.6. The van der Waals surface area contributed by atoms with Gasteiger partial charge in [-0.05, 0) is 141 Å². The second-order valence-electron chi connectivity index (χ2n) is 20.1. The van der Waals surface area contributed by atoms with E-state index in [4.69, 9.17) is 0 Å². The van der Waals surface area contributed by atoms with Gasteiger partial charge in [-0.15, -0.1) is 0 Å². The molecule has 4 nitrogen and oxygen atoms in total. The van der Waals surface area contributed by atoms with E-state index in [1.54, 1.807) is 0 Å². The summed E-state index contributed by atoms with van der Waals surface area (Å²) in [4.78, 5) is 7.57. The third-order valence-corrected chi connectivity index (χ3v) is 15.7.